The highest BCUT2D eigenvalue weighted by Gasteiger charge is 2.27. The van der Waals surface area contributed by atoms with Crippen LogP contribution in [0.1, 0.15) is 25.3 Å². The van der Waals surface area contributed by atoms with Crippen LogP contribution in [0.2, 0.25) is 0 Å². The monoisotopic (exact) mass is 354 g/mol. The molecular formula is C20H24N3OS+. The molecule has 0 spiro atoms. The van der Waals surface area contributed by atoms with Gasteiger partial charge in [0.25, 0.3) is 0 Å². The highest BCUT2D eigenvalue weighted by Crippen LogP contribution is 2.26. The lowest BCUT2D eigenvalue weighted by Crippen LogP contribution is -3.14. The summed E-state index contributed by atoms with van der Waals surface area (Å²) in [6, 6.07) is 12.0. The molecule has 3 rings (SSSR count). The van der Waals surface area contributed by atoms with Gasteiger partial charge in [-0.15, -0.1) is 11.3 Å². The van der Waals surface area contributed by atoms with Crippen LogP contribution in [-0.4, -0.2) is 29.7 Å². The lowest BCUT2D eigenvalue weighted by atomic mass is 9.92. The van der Waals surface area contributed by atoms with E-state index in [1.807, 2.05) is 35.7 Å². The first-order chi connectivity index (χ1) is 12.1. The Balaban J connectivity index is 1.80. The first kappa shape index (κ1) is 17.7. The molecule has 0 radical (unpaired) electrons. The number of benzene rings is 1. The van der Waals surface area contributed by atoms with E-state index in [-0.39, 0.29) is 5.76 Å². The highest BCUT2D eigenvalue weighted by atomic mass is 32.1. The number of allylic oxidation sites excluding steroid dienone is 1. The van der Waals surface area contributed by atoms with Crippen LogP contribution in [0, 0.1) is 23.2 Å². The van der Waals surface area contributed by atoms with Crippen molar-refractivity contribution in [2.24, 2.45) is 11.8 Å². The molecule has 4 nitrogen and oxygen atoms in total. The zero-order valence-electron chi connectivity index (χ0n) is 14.7. The number of rotatable bonds is 4. The minimum atomic E-state index is 0.160. The molecule has 0 bridgehead atoms. The van der Waals surface area contributed by atoms with Crippen LogP contribution in [0.15, 0.2) is 41.5 Å². The number of quaternary nitrogens is 1. The lowest BCUT2D eigenvalue weighted by molar-refractivity contribution is -0.908. The minimum Gasteiger partial charge on any atom is -0.506 e. The zero-order valence-corrected chi connectivity index (χ0v) is 15.5. The van der Waals surface area contributed by atoms with Gasteiger partial charge in [-0.05, 0) is 6.42 Å². The SMILES string of the molecule is C[C@H]1C[C@H](C)C[NH+](C/C(O)=C(\C#N)c2nc(-c3ccccc3)cs2)C1. The summed E-state index contributed by atoms with van der Waals surface area (Å²) in [5.41, 5.74) is 2.17. The molecule has 2 atom stereocenters. The van der Waals surface area contributed by atoms with E-state index in [9.17, 15) is 10.4 Å². The Morgan fingerprint density at radius 3 is 2.60 bits per heavy atom. The van der Waals surface area contributed by atoms with Gasteiger partial charge in [-0.25, -0.2) is 4.98 Å². The Morgan fingerprint density at radius 1 is 1.28 bits per heavy atom. The Bertz CT molecular complexity index is 781. The van der Waals surface area contributed by atoms with Crippen molar-refractivity contribution in [3.05, 3.63) is 46.5 Å². The van der Waals surface area contributed by atoms with Gasteiger partial charge in [-0.3, -0.25) is 0 Å². The second kappa shape index (κ2) is 7.81. The number of aromatic nitrogens is 1. The molecule has 1 aromatic heterocycles. The Labute approximate surface area is 153 Å². The summed E-state index contributed by atoms with van der Waals surface area (Å²) in [6.45, 7) is 7.10. The predicted octanol–water partition coefficient (Wildman–Crippen LogP) is 3.16. The summed E-state index contributed by atoms with van der Waals surface area (Å²) in [5, 5.41) is 22.7. The molecule has 2 heterocycles. The van der Waals surface area contributed by atoms with Crippen LogP contribution >= 0.6 is 11.3 Å². The maximum atomic E-state index is 10.6. The molecule has 1 aromatic carbocycles. The Kier molecular flexibility index (Phi) is 5.52. The molecule has 0 saturated carbocycles. The average Bonchev–Trinajstić information content (AvgIpc) is 3.05. The second-order valence-electron chi connectivity index (χ2n) is 7.12. The highest BCUT2D eigenvalue weighted by molar-refractivity contribution is 7.11. The summed E-state index contributed by atoms with van der Waals surface area (Å²) in [6.07, 6.45) is 1.24. The number of hydrogen-bond acceptors (Lipinski definition) is 4. The molecule has 0 unspecified atom stereocenters. The smallest absolute Gasteiger partial charge is 0.168 e. The van der Waals surface area contributed by atoms with E-state index < -0.39 is 0 Å². The fourth-order valence-electron chi connectivity index (χ4n) is 3.76. The fourth-order valence-corrected chi connectivity index (χ4v) is 4.60. The van der Waals surface area contributed by atoms with Gasteiger partial charge >= 0.3 is 0 Å². The summed E-state index contributed by atoms with van der Waals surface area (Å²) in [7, 11) is 0. The molecule has 130 valence electrons. The van der Waals surface area contributed by atoms with E-state index in [4.69, 9.17) is 0 Å². The molecule has 0 amide bonds. The van der Waals surface area contributed by atoms with Gasteiger partial charge < -0.3 is 10.0 Å². The van der Waals surface area contributed by atoms with E-state index in [2.05, 4.69) is 24.9 Å². The molecule has 1 aliphatic rings. The molecule has 25 heavy (non-hydrogen) atoms. The van der Waals surface area contributed by atoms with Gasteiger partial charge in [0.15, 0.2) is 5.76 Å². The normalized spacial score (nSPS) is 24.4. The van der Waals surface area contributed by atoms with Crippen molar-refractivity contribution in [1.29, 1.82) is 5.26 Å². The lowest BCUT2D eigenvalue weighted by Gasteiger charge is -2.31. The van der Waals surface area contributed by atoms with Gasteiger partial charge in [0.1, 0.15) is 23.2 Å². The van der Waals surface area contributed by atoms with Crippen LogP contribution in [0.25, 0.3) is 16.8 Å². The number of aliphatic hydroxyl groups is 1. The number of nitrogens with one attached hydrogen (secondary N) is 1. The summed E-state index contributed by atoms with van der Waals surface area (Å²) >= 11 is 1.41. The van der Waals surface area contributed by atoms with Crippen molar-refractivity contribution in [2.45, 2.75) is 20.3 Å². The average molecular weight is 354 g/mol. The van der Waals surface area contributed by atoms with Gasteiger partial charge in [-0.2, -0.15) is 5.26 Å². The standard InChI is InChI=1S/C20H23N3OS/c1-14-8-15(2)11-23(10-14)12-19(24)17(9-21)20-22-18(13-25-20)16-6-4-3-5-7-16/h3-7,13-15,24H,8,10-12H2,1-2H3/p+1/b19-17-/t14-,15-/m0/s1. The van der Waals surface area contributed by atoms with Crippen LogP contribution in [-0.2, 0) is 0 Å². The van der Waals surface area contributed by atoms with Gasteiger partial charge in [0, 0.05) is 22.8 Å². The first-order valence-corrected chi connectivity index (χ1v) is 9.62. The number of nitriles is 1. The van der Waals surface area contributed by atoms with Crippen LogP contribution in [0.3, 0.4) is 0 Å². The van der Waals surface area contributed by atoms with E-state index >= 15 is 0 Å². The van der Waals surface area contributed by atoms with Crippen molar-refractivity contribution < 1.29 is 10.0 Å². The van der Waals surface area contributed by atoms with Crippen molar-refractivity contribution in [1.82, 2.24) is 4.98 Å². The van der Waals surface area contributed by atoms with Crippen molar-refractivity contribution in [3.8, 4) is 17.3 Å². The summed E-state index contributed by atoms with van der Waals surface area (Å²) in [5.74, 6) is 1.47. The number of hydrogen-bond donors (Lipinski definition) is 2. The number of nitrogens with zero attached hydrogens (tertiary/aromatic N) is 2. The number of thiazole rings is 1. The molecule has 0 aliphatic carbocycles. The van der Waals surface area contributed by atoms with Crippen LogP contribution in [0.5, 0.6) is 0 Å². The maximum Gasteiger partial charge on any atom is 0.168 e. The number of piperidine rings is 1. The van der Waals surface area contributed by atoms with Crippen LogP contribution in [0.4, 0.5) is 0 Å². The van der Waals surface area contributed by atoms with Gasteiger partial charge in [-0.1, -0.05) is 44.2 Å². The fraction of sp³-hybridized carbons (Fsp3) is 0.400. The topological polar surface area (TPSA) is 61.4 Å². The van der Waals surface area contributed by atoms with Crippen molar-refractivity contribution >= 4 is 16.9 Å². The van der Waals surface area contributed by atoms with Crippen molar-refractivity contribution in [2.75, 3.05) is 19.6 Å². The van der Waals surface area contributed by atoms with E-state index in [1.165, 1.54) is 22.7 Å². The minimum absolute atomic E-state index is 0.160. The third-order valence-electron chi connectivity index (χ3n) is 4.68. The number of likely N-dealkylation sites (tertiary alicyclic amines) is 1. The van der Waals surface area contributed by atoms with E-state index in [0.717, 1.165) is 24.3 Å². The second-order valence-corrected chi connectivity index (χ2v) is 7.98. The van der Waals surface area contributed by atoms with Crippen LogP contribution < -0.4 is 4.90 Å². The molecular weight excluding hydrogens is 330 g/mol. The molecule has 1 aliphatic heterocycles. The Morgan fingerprint density at radius 2 is 1.96 bits per heavy atom. The van der Waals surface area contributed by atoms with E-state index in [1.54, 1.807) is 0 Å². The van der Waals surface area contributed by atoms with Gasteiger partial charge in [0.05, 0.1) is 18.8 Å². The summed E-state index contributed by atoms with van der Waals surface area (Å²) < 4.78 is 0. The first-order valence-electron chi connectivity index (χ1n) is 8.74. The maximum absolute atomic E-state index is 10.6. The molecule has 2 N–H and O–H groups in total. The largest absolute Gasteiger partial charge is 0.506 e. The zero-order chi connectivity index (χ0) is 17.8. The third-order valence-corrected chi connectivity index (χ3v) is 5.54. The third kappa shape index (κ3) is 4.28. The number of aliphatic hydroxyl groups excluding tert-OH is 1. The molecule has 5 heteroatoms. The van der Waals surface area contributed by atoms with E-state index in [0.29, 0.717) is 29.0 Å². The molecule has 1 saturated heterocycles. The summed E-state index contributed by atoms with van der Waals surface area (Å²) in [4.78, 5) is 5.91. The quantitative estimate of drug-likeness (QED) is 0.655. The Hall–Kier alpha value is -2.16. The van der Waals surface area contributed by atoms with Gasteiger partial charge in [0.2, 0.25) is 0 Å². The molecule has 1 fully saturated rings. The predicted molar refractivity (Wildman–Crippen MR) is 101 cm³/mol. The van der Waals surface area contributed by atoms with Crippen molar-refractivity contribution in [3.63, 3.8) is 0 Å². The molecule has 2 aromatic rings.